The van der Waals surface area contributed by atoms with E-state index in [0.717, 1.165) is 23.2 Å². The molecule has 0 bridgehead atoms. The lowest BCUT2D eigenvalue weighted by Crippen LogP contribution is -2.17. The number of nitrogens with one attached hydrogen (secondary N) is 1. The van der Waals surface area contributed by atoms with E-state index in [1.54, 1.807) is 24.3 Å². The van der Waals surface area contributed by atoms with E-state index in [0.29, 0.717) is 21.1 Å². The largest absolute Gasteiger partial charge is 0.316 e. The van der Waals surface area contributed by atoms with E-state index in [1.165, 1.54) is 46.7 Å². The van der Waals surface area contributed by atoms with Crippen molar-refractivity contribution in [2.45, 2.75) is 38.6 Å². The summed E-state index contributed by atoms with van der Waals surface area (Å²) < 4.78 is 30.8. The third-order valence-electron chi connectivity index (χ3n) is 5.45. The Morgan fingerprint density at radius 2 is 1.68 bits per heavy atom. The van der Waals surface area contributed by atoms with Crippen LogP contribution >= 0.6 is 22.9 Å². The predicted molar refractivity (Wildman–Crippen MR) is 138 cm³/mol. The number of thiazole rings is 1. The topological polar surface area (TPSA) is 80.5 Å². The zero-order valence-corrected chi connectivity index (χ0v) is 21.4. The normalized spacial score (nSPS) is 12.3. The Morgan fingerprint density at radius 1 is 1.03 bits per heavy atom. The minimum absolute atomic E-state index is 0.0998. The summed E-state index contributed by atoms with van der Waals surface area (Å²) >= 11 is 7.33. The molecule has 0 aliphatic rings. The SMILES string of the molecule is CCCn1c(=NC(=O)c2ccc(NS(=O)(=O)c3ccc(Cl)cc3)cc2)sc2cc(C)c(C)cc21. The maximum absolute atomic E-state index is 12.9. The summed E-state index contributed by atoms with van der Waals surface area (Å²) in [6.45, 7) is 7.00. The second-order valence-electron chi connectivity index (χ2n) is 7.99. The van der Waals surface area contributed by atoms with Crippen LogP contribution < -0.4 is 9.52 Å². The minimum Gasteiger partial charge on any atom is -0.316 e. The molecule has 0 unspecified atom stereocenters. The molecule has 6 nitrogen and oxygen atoms in total. The van der Waals surface area contributed by atoms with Gasteiger partial charge in [0, 0.05) is 22.8 Å². The molecular weight excluding hydrogens is 490 g/mol. The molecule has 4 aromatic rings. The van der Waals surface area contributed by atoms with Crippen molar-refractivity contribution in [2.75, 3.05) is 4.72 Å². The summed E-state index contributed by atoms with van der Waals surface area (Å²) in [5.74, 6) is -0.378. The first kappa shape index (κ1) is 24.2. The van der Waals surface area contributed by atoms with Gasteiger partial charge in [0.15, 0.2) is 4.80 Å². The second kappa shape index (κ2) is 9.74. The van der Waals surface area contributed by atoms with Crippen LogP contribution in [0.5, 0.6) is 0 Å². The highest BCUT2D eigenvalue weighted by molar-refractivity contribution is 7.92. The fraction of sp³-hybridized carbons (Fsp3) is 0.200. The number of benzene rings is 3. The Labute approximate surface area is 207 Å². The number of anilines is 1. The maximum atomic E-state index is 12.9. The van der Waals surface area contributed by atoms with Gasteiger partial charge in [-0.05, 0) is 92.1 Å². The summed E-state index contributed by atoms with van der Waals surface area (Å²) in [6.07, 6.45) is 0.919. The van der Waals surface area contributed by atoms with Crippen molar-refractivity contribution in [2.24, 2.45) is 4.99 Å². The zero-order valence-electron chi connectivity index (χ0n) is 19.0. The lowest BCUT2D eigenvalue weighted by Gasteiger charge is -2.08. The number of hydrogen-bond acceptors (Lipinski definition) is 4. The van der Waals surface area contributed by atoms with Crippen molar-refractivity contribution in [3.63, 3.8) is 0 Å². The molecule has 9 heteroatoms. The van der Waals surface area contributed by atoms with Gasteiger partial charge in [0.1, 0.15) is 0 Å². The summed E-state index contributed by atoms with van der Waals surface area (Å²) in [6, 6.07) is 16.4. The Morgan fingerprint density at radius 3 is 2.32 bits per heavy atom. The molecule has 0 radical (unpaired) electrons. The minimum atomic E-state index is -3.76. The van der Waals surface area contributed by atoms with Crippen molar-refractivity contribution in [1.29, 1.82) is 0 Å². The lowest BCUT2D eigenvalue weighted by atomic mass is 10.1. The van der Waals surface area contributed by atoms with Crippen molar-refractivity contribution >= 4 is 54.8 Å². The number of nitrogens with zero attached hydrogens (tertiary/aromatic N) is 2. The number of halogens is 1. The van der Waals surface area contributed by atoms with E-state index in [9.17, 15) is 13.2 Å². The monoisotopic (exact) mass is 513 g/mol. The molecule has 1 heterocycles. The van der Waals surface area contributed by atoms with Crippen LogP contribution in [0.25, 0.3) is 10.2 Å². The summed E-state index contributed by atoms with van der Waals surface area (Å²) in [7, 11) is -3.76. The molecule has 176 valence electrons. The van der Waals surface area contributed by atoms with E-state index >= 15 is 0 Å². The van der Waals surface area contributed by atoms with Crippen LogP contribution in [0.15, 0.2) is 70.6 Å². The van der Waals surface area contributed by atoms with Crippen molar-refractivity contribution < 1.29 is 13.2 Å². The maximum Gasteiger partial charge on any atom is 0.279 e. The van der Waals surface area contributed by atoms with Crippen LogP contribution in [0.4, 0.5) is 5.69 Å². The summed E-state index contributed by atoms with van der Waals surface area (Å²) in [4.78, 5) is 18.1. The van der Waals surface area contributed by atoms with Gasteiger partial charge < -0.3 is 4.57 Å². The van der Waals surface area contributed by atoms with E-state index in [4.69, 9.17) is 11.6 Å². The van der Waals surface area contributed by atoms with Crippen LogP contribution in [0, 0.1) is 13.8 Å². The number of carbonyl (C=O) groups is 1. The Bertz CT molecular complexity index is 1540. The molecule has 34 heavy (non-hydrogen) atoms. The molecule has 1 N–H and O–H groups in total. The van der Waals surface area contributed by atoms with Gasteiger partial charge in [-0.1, -0.05) is 29.9 Å². The zero-order chi connectivity index (χ0) is 24.5. The van der Waals surface area contributed by atoms with E-state index in [1.807, 2.05) is 0 Å². The number of fused-ring (bicyclic) bond motifs is 1. The predicted octanol–water partition coefficient (Wildman–Crippen LogP) is 5.92. The van der Waals surface area contributed by atoms with Crippen molar-refractivity contribution in [1.82, 2.24) is 4.57 Å². The molecule has 1 aromatic heterocycles. The number of hydrogen-bond donors (Lipinski definition) is 1. The molecule has 0 saturated carbocycles. The molecule has 0 spiro atoms. The second-order valence-corrected chi connectivity index (χ2v) is 11.1. The quantitative estimate of drug-likeness (QED) is 0.347. The third-order valence-corrected chi connectivity index (χ3v) is 8.14. The van der Waals surface area contributed by atoms with Gasteiger partial charge in [0.2, 0.25) is 0 Å². The lowest BCUT2D eigenvalue weighted by molar-refractivity contribution is 0.0998. The van der Waals surface area contributed by atoms with Crippen LogP contribution in [-0.4, -0.2) is 18.9 Å². The van der Waals surface area contributed by atoms with Gasteiger partial charge >= 0.3 is 0 Å². The number of aryl methyl sites for hydroxylation is 3. The van der Waals surface area contributed by atoms with Crippen LogP contribution in [0.1, 0.15) is 34.8 Å². The average molecular weight is 514 g/mol. The third kappa shape index (κ3) is 5.09. The Balaban J connectivity index is 1.61. The highest BCUT2D eigenvalue weighted by Crippen LogP contribution is 2.23. The molecule has 3 aromatic carbocycles. The molecule has 4 rings (SSSR count). The number of rotatable bonds is 6. The van der Waals surface area contributed by atoms with Crippen LogP contribution in [-0.2, 0) is 16.6 Å². The van der Waals surface area contributed by atoms with E-state index < -0.39 is 10.0 Å². The van der Waals surface area contributed by atoms with Crippen LogP contribution in [0.2, 0.25) is 5.02 Å². The van der Waals surface area contributed by atoms with Gasteiger partial charge in [0.05, 0.1) is 15.1 Å². The molecule has 0 saturated heterocycles. The van der Waals surface area contributed by atoms with Crippen molar-refractivity contribution in [3.8, 4) is 0 Å². The van der Waals surface area contributed by atoms with E-state index in [2.05, 4.69) is 47.2 Å². The average Bonchev–Trinajstić information content (AvgIpc) is 3.10. The highest BCUT2D eigenvalue weighted by Gasteiger charge is 2.15. The van der Waals surface area contributed by atoms with E-state index in [-0.39, 0.29) is 10.8 Å². The molecule has 0 atom stereocenters. The molecular formula is C25H24ClN3O3S2. The Kier molecular flexibility index (Phi) is 6.93. The van der Waals surface area contributed by atoms with Crippen molar-refractivity contribution in [3.05, 3.63) is 87.2 Å². The first-order valence-corrected chi connectivity index (χ1v) is 13.4. The Hall–Kier alpha value is -2.94. The molecule has 0 fully saturated rings. The first-order chi connectivity index (χ1) is 16.2. The number of aromatic nitrogens is 1. The van der Waals surface area contributed by atoms with Gasteiger partial charge in [-0.15, -0.1) is 0 Å². The standard InChI is InChI=1S/C25H24ClN3O3S2/c1-4-13-29-22-14-16(2)17(3)15-23(22)33-25(29)27-24(30)18-5-9-20(10-6-18)28-34(31,32)21-11-7-19(26)8-12-21/h5-12,14-15,28H,4,13H2,1-3H3. The number of amides is 1. The summed E-state index contributed by atoms with van der Waals surface area (Å²) in [5.41, 5.74) is 4.20. The molecule has 0 aliphatic carbocycles. The van der Waals surface area contributed by atoms with Crippen LogP contribution in [0.3, 0.4) is 0 Å². The molecule has 0 aliphatic heterocycles. The fourth-order valence-electron chi connectivity index (χ4n) is 3.51. The van der Waals surface area contributed by atoms with Gasteiger partial charge in [-0.3, -0.25) is 9.52 Å². The number of sulfonamides is 1. The highest BCUT2D eigenvalue weighted by atomic mass is 35.5. The smallest absolute Gasteiger partial charge is 0.279 e. The van der Waals surface area contributed by atoms with Gasteiger partial charge in [0.25, 0.3) is 15.9 Å². The molecule has 1 amide bonds. The first-order valence-electron chi connectivity index (χ1n) is 10.8. The van der Waals surface area contributed by atoms with Gasteiger partial charge in [-0.2, -0.15) is 4.99 Å². The number of carbonyl (C=O) groups excluding carboxylic acids is 1. The summed E-state index contributed by atoms with van der Waals surface area (Å²) in [5, 5.41) is 0.453. The fourth-order valence-corrected chi connectivity index (χ4v) is 5.83. The van der Waals surface area contributed by atoms with Gasteiger partial charge in [-0.25, -0.2) is 8.42 Å².